The summed E-state index contributed by atoms with van der Waals surface area (Å²) < 4.78 is 0. The second-order valence-electron chi connectivity index (χ2n) is 4.29. The zero-order chi connectivity index (χ0) is 12.5. The Bertz CT molecular complexity index is 610. The van der Waals surface area contributed by atoms with Crippen LogP contribution >= 0.6 is 0 Å². The molecule has 1 aliphatic rings. The minimum atomic E-state index is -0.349. The summed E-state index contributed by atoms with van der Waals surface area (Å²) in [6.45, 7) is 1.67. The molecule has 1 saturated heterocycles. The number of nitrogens with one attached hydrogen (secondary N) is 2. The summed E-state index contributed by atoms with van der Waals surface area (Å²) in [6, 6.07) is 7.23. The van der Waals surface area contributed by atoms with Gasteiger partial charge in [-0.2, -0.15) is 0 Å². The second kappa shape index (κ2) is 4.23. The maximum absolute atomic E-state index is 11.2. The van der Waals surface area contributed by atoms with Gasteiger partial charge in [-0.05, 0) is 24.3 Å². The molecule has 0 amide bonds. The number of fused-ring (bicyclic) bond motifs is 1. The third-order valence-electron chi connectivity index (χ3n) is 3.08. The van der Waals surface area contributed by atoms with Crippen molar-refractivity contribution in [3.05, 3.63) is 40.6 Å². The van der Waals surface area contributed by atoms with Crippen LogP contribution in [0.25, 0.3) is 10.9 Å². The molecule has 0 aliphatic carbocycles. The number of nitro groups is 1. The predicted octanol–water partition coefficient (Wildman–Crippen LogP) is 1.53. The first-order valence-electron chi connectivity index (χ1n) is 5.75. The number of benzene rings is 1. The molecular weight excluding hydrogens is 232 g/mol. The van der Waals surface area contributed by atoms with Crippen LogP contribution < -0.4 is 10.6 Å². The van der Waals surface area contributed by atoms with Crippen molar-refractivity contribution in [2.24, 2.45) is 0 Å². The molecule has 0 spiro atoms. The van der Waals surface area contributed by atoms with Gasteiger partial charge in [0, 0.05) is 19.3 Å². The molecule has 0 unspecified atom stereocenters. The molecule has 1 aromatic heterocycles. The Balaban J connectivity index is 2.12. The number of nitrogens with zero attached hydrogens (tertiary/aromatic N) is 2. The lowest BCUT2D eigenvalue weighted by atomic mass is 10.1. The molecule has 2 aromatic rings. The molecule has 1 aromatic carbocycles. The quantitative estimate of drug-likeness (QED) is 0.632. The van der Waals surface area contributed by atoms with E-state index < -0.39 is 0 Å². The van der Waals surface area contributed by atoms with Crippen LogP contribution in [0.3, 0.4) is 0 Å². The van der Waals surface area contributed by atoms with E-state index >= 15 is 0 Å². The van der Waals surface area contributed by atoms with Crippen molar-refractivity contribution in [1.29, 1.82) is 0 Å². The average Bonchev–Trinajstić information content (AvgIpc) is 2.32. The van der Waals surface area contributed by atoms with Gasteiger partial charge in [-0.25, -0.2) is 0 Å². The zero-order valence-corrected chi connectivity index (χ0v) is 9.59. The Kier molecular flexibility index (Phi) is 2.56. The minimum Gasteiger partial charge on any atom is -0.374 e. The Morgan fingerprint density at radius 2 is 2.22 bits per heavy atom. The normalized spacial score (nSPS) is 15.3. The summed E-state index contributed by atoms with van der Waals surface area (Å²) in [5.74, 6) is 0. The van der Waals surface area contributed by atoms with Crippen LogP contribution in [0.5, 0.6) is 0 Å². The largest absolute Gasteiger partial charge is 0.374 e. The van der Waals surface area contributed by atoms with Gasteiger partial charge in [0.05, 0.1) is 21.9 Å². The fourth-order valence-corrected chi connectivity index (χ4v) is 2.06. The van der Waals surface area contributed by atoms with E-state index in [1.807, 2.05) is 0 Å². The van der Waals surface area contributed by atoms with Crippen molar-refractivity contribution >= 4 is 22.3 Å². The maximum Gasteiger partial charge on any atom is 0.301 e. The number of pyridine rings is 1. The topological polar surface area (TPSA) is 80.1 Å². The molecule has 2 heterocycles. The number of nitro benzene ring substituents is 1. The van der Waals surface area contributed by atoms with E-state index in [1.54, 1.807) is 30.5 Å². The first kappa shape index (κ1) is 10.9. The van der Waals surface area contributed by atoms with E-state index in [0.717, 1.165) is 13.1 Å². The van der Waals surface area contributed by atoms with E-state index in [9.17, 15) is 10.1 Å². The standard InChI is InChI=1S/C12H12N4O2/c17-16(18)12-9-2-1-5-14-10(9)3-4-11(12)15-8-6-13-7-8/h1-5,8,13,15H,6-7H2. The lowest BCUT2D eigenvalue weighted by Crippen LogP contribution is -2.51. The number of anilines is 1. The van der Waals surface area contributed by atoms with E-state index in [2.05, 4.69) is 15.6 Å². The summed E-state index contributed by atoms with van der Waals surface area (Å²) in [7, 11) is 0. The molecule has 0 atom stereocenters. The summed E-state index contributed by atoms with van der Waals surface area (Å²) in [4.78, 5) is 15.0. The van der Waals surface area contributed by atoms with Gasteiger partial charge in [-0.15, -0.1) is 0 Å². The second-order valence-corrected chi connectivity index (χ2v) is 4.29. The molecule has 92 valence electrons. The van der Waals surface area contributed by atoms with E-state index in [0.29, 0.717) is 16.6 Å². The first-order chi connectivity index (χ1) is 8.75. The molecule has 18 heavy (non-hydrogen) atoms. The molecule has 3 rings (SSSR count). The van der Waals surface area contributed by atoms with Gasteiger partial charge in [0.2, 0.25) is 0 Å². The van der Waals surface area contributed by atoms with Crippen molar-refractivity contribution in [1.82, 2.24) is 10.3 Å². The first-order valence-corrected chi connectivity index (χ1v) is 5.75. The van der Waals surface area contributed by atoms with Gasteiger partial charge in [-0.1, -0.05) is 0 Å². The molecule has 0 bridgehead atoms. The van der Waals surface area contributed by atoms with Crippen molar-refractivity contribution < 1.29 is 4.92 Å². The summed E-state index contributed by atoms with van der Waals surface area (Å²) in [5, 5.41) is 18.1. The zero-order valence-electron chi connectivity index (χ0n) is 9.59. The van der Waals surface area contributed by atoms with Gasteiger partial charge in [0.1, 0.15) is 5.69 Å². The van der Waals surface area contributed by atoms with Crippen molar-refractivity contribution in [3.8, 4) is 0 Å². The molecule has 0 radical (unpaired) electrons. The van der Waals surface area contributed by atoms with Gasteiger partial charge in [0.15, 0.2) is 0 Å². The van der Waals surface area contributed by atoms with E-state index in [4.69, 9.17) is 0 Å². The Morgan fingerprint density at radius 3 is 2.89 bits per heavy atom. The molecular formula is C12H12N4O2. The Hall–Kier alpha value is -2.21. The van der Waals surface area contributed by atoms with Gasteiger partial charge in [-0.3, -0.25) is 15.1 Å². The minimum absolute atomic E-state index is 0.104. The van der Waals surface area contributed by atoms with Crippen LogP contribution in [0.1, 0.15) is 0 Å². The SMILES string of the molecule is O=[N+]([O-])c1c(NC2CNC2)ccc2ncccc12. The monoisotopic (exact) mass is 244 g/mol. The highest BCUT2D eigenvalue weighted by atomic mass is 16.6. The summed E-state index contributed by atoms with van der Waals surface area (Å²) in [5.41, 5.74) is 1.31. The Morgan fingerprint density at radius 1 is 1.39 bits per heavy atom. The van der Waals surface area contributed by atoms with E-state index in [-0.39, 0.29) is 16.7 Å². The number of hydrogen-bond donors (Lipinski definition) is 2. The highest BCUT2D eigenvalue weighted by molar-refractivity contribution is 5.94. The van der Waals surface area contributed by atoms with Crippen LogP contribution in [0.4, 0.5) is 11.4 Å². The molecule has 1 aliphatic heterocycles. The van der Waals surface area contributed by atoms with Crippen LogP contribution in [0.2, 0.25) is 0 Å². The van der Waals surface area contributed by atoms with Crippen molar-refractivity contribution in [2.75, 3.05) is 18.4 Å². The number of rotatable bonds is 3. The lowest BCUT2D eigenvalue weighted by Gasteiger charge is -2.28. The average molecular weight is 244 g/mol. The highest BCUT2D eigenvalue weighted by Gasteiger charge is 2.23. The fraction of sp³-hybridized carbons (Fsp3) is 0.250. The molecule has 0 saturated carbocycles. The lowest BCUT2D eigenvalue weighted by molar-refractivity contribution is -0.382. The smallest absolute Gasteiger partial charge is 0.301 e. The van der Waals surface area contributed by atoms with Crippen molar-refractivity contribution in [3.63, 3.8) is 0 Å². The number of aromatic nitrogens is 1. The maximum atomic E-state index is 11.2. The van der Waals surface area contributed by atoms with Crippen LogP contribution in [-0.2, 0) is 0 Å². The van der Waals surface area contributed by atoms with E-state index in [1.165, 1.54) is 0 Å². The Labute approximate surface area is 103 Å². The summed E-state index contributed by atoms with van der Waals surface area (Å²) >= 11 is 0. The third kappa shape index (κ3) is 1.76. The van der Waals surface area contributed by atoms with Gasteiger partial charge >= 0.3 is 5.69 Å². The molecule has 6 heteroatoms. The van der Waals surface area contributed by atoms with Crippen LogP contribution in [0, 0.1) is 10.1 Å². The molecule has 1 fully saturated rings. The fourth-order valence-electron chi connectivity index (χ4n) is 2.06. The van der Waals surface area contributed by atoms with Gasteiger partial charge < -0.3 is 10.6 Å². The van der Waals surface area contributed by atoms with Crippen molar-refractivity contribution in [2.45, 2.75) is 6.04 Å². The van der Waals surface area contributed by atoms with Gasteiger partial charge in [0.25, 0.3) is 0 Å². The highest BCUT2D eigenvalue weighted by Crippen LogP contribution is 2.32. The molecule has 2 N–H and O–H groups in total. The summed E-state index contributed by atoms with van der Waals surface area (Å²) in [6.07, 6.45) is 1.63. The third-order valence-corrected chi connectivity index (χ3v) is 3.08. The molecule has 6 nitrogen and oxygen atoms in total. The predicted molar refractivity (Wildman–Crippen MR) is 68.7 cm³/mol. The number of hydrogen-bond acceptors (Lipinski definition) is 5. The van der Waals surface area contributed by atoms with Crippen LogP contribution in [0.15, 0.2) is 30.5 Å². The van der Waals surface area contributed by atoms with Crippen LogP contribution in [-0.4, -0.2) is 29.0 Å².